The van der Waals surface area contributed by atoms with Crippen LogP contribution in [-0.2, 0) is 9.53 Å². The molecule has 0 heterocycles. The van der Waals surface area contributed by atoms with Gasteiger partial charge in [0, 0.05) is 0 Å². The van der Waals surface area contributed by atoms with Crippen molar-refractivity contribution in [1.29, 1.82) is 0 Å². The normalized spacial score (nSPS) is 12.2. The maximum atomic E-state index is 11.0. The molecule has 0 radical (unpaired) electrons. The Morgan fingerprint density at radius 1 is 1.64 bits per heavy atom. The second-order valence-corrected chi connectivity index (χ2v) is 3.11. The number of hydrogen-bond acceptors (Lipinski definition) is 4. The smallest absolute Gasteiger partial charge is 0.339 e. The molecule has 0 aliphatic carbocycles. The van der Waals surface area contributed by atoms with Crippen molar-refractivity contribution in [3.05, 3.63) is 28.8 Å². The van der Waals surface area contributed by atoms with E-state index >= 15 is 0 Å². The van der Waals surface area contributed by atoms with Crippen molar-refractivity contribution in [2.75, 3.05) is 12.8 Å². The molecule has 1 aromatic carbocycles. The Labute approximate surface area is 86.2 Å². The number of carbonyl (C=O) groups is 1. The largest absolute Gasteiger partial charge is 0.467 e. The number of halogens is 1. The summed E-state index contributed by atoms with van der Waals surface area (Å²) >= 11 is 5.68. The maximum Gasteiger partial charge on any atom is 0.339 e. The topological polar surface area (TPSA) is 72.5 Å². The summed E-state index contributed by atoms with van der Waals surface area (Å²) in [5.74, 6) is -0.730. The molecule has 0 amide bonds. The van der Waals surface area contributed by atoms with Crippen molar-refractivity contribution in [1.82, 2.24) is 0 Å². The number of nitrogen functional groups attached to an aromatic ring is 1. The van der Waals surface area contributed by atoms with E-state index in [-0.39, 0.29) is 0 Å². The van der Waals surface area contributed by atoms with Crippen LogP contribution in [0.3, 0.4) is 0 Å². The lowest BCUT2D eigenvalue weighted by Crippen LogP contribution is -2.13. The third-order valence-electron chi connectivity index (χ3n) is 1.76. The fourth-order valence-corrected chi connectivity index (χ4v) is 1.10. The highest BCUT2D eigenvalue weighted by molar-refractivity contribution is 6.33. The number of ether oxygens (including phenoxy) is 1. The van der Waals surface area contributed by atoms with Crippen molar-refractivity contribution >= 4 is 23.3 Å². The van der Waals surface area contributed by atoms with Gasteiger partial charge in [0.25, 0.3) is 0 Å². The Bertz CT molecular complexity index is 354. The molecule has 0 spiro atoms. The van der Waals surface area contributed by atoms with Gasteiger partial charge in [0.05, 0.1) is 17.8 Å². The van der Waals surface area contributed by atoms with E-state index in [1.54, 1.807) is 0 Å². The number of aliphatic hydroxyl groups excluding tert-OH is 1. The summed E-state index contributed by atoms with van der Waals surface area (Å²) in [5, 5.41) is 9.81. The molecule has 3 N–H and O–H groups in total. The standard InChI is InChI=1S/C9H10ClNO3/c1-14-9(13)8(12)5-2-3-6(10)7(11)4-5/h2-4,8,12H,11H2,1H3. The minimum atomic E-state index is -1.32. The molecule has 0 aliphatic rings. The van der Waals surface area contributed by atoms with Crippen molar-refractivity contribution in [2.45, 2.75) is 6.10 Å². The first-order valence-corrected chi connectivity index (χ1v) is 4.25. The fourth-order valence-electron chi connectivity index (χ4n) is 0.980. The van der Waals surface area contributed by atoms with Crippen LogP contribution in [0.25, 0.3) is 0 Å². The Morgan fingerprint density at radius 3 is 2.79 bits per heavy atom. The van der Waals surface area contributed by atoms with Gasteiger partial charge in [-0.25, -0.2) is 4.79 Å². The molecule has 76 valence electrons. The molecule has 0 bridgehead atoms. The zero-order valence-corrected chi connectivity index (χ0v) is 8.28. The zero-order chi connectivity index (χ0) is 10.7. The molecule has 0 saturated heterocycles. The number of methoxy groups -OCH3 is 1. The van der Waals surface area contributed by atoms with E-state index in [1.165, 1.54) is 25.3 Å². The highest BCUT2D eigenvalue weighted by atomic mass is 35.5. The zero-order valence-electron chi connectivity index (χ0n) is 7.53. The van der Waals surface area contributed by atoms with E-state index in [4.69, 9.17) is 17.3 Å². The average molecular weight is 216 g/mol. The first-order valence-electron chi connectivity index (χ1n) is 3.87. The molecule has 0 saturated carbocycles. The lowest BCUT2D eigenvalue weighted by molar-refractivity contribution is -0.150. The molecule has 4 nitrogen and oxygen atoms in total. The molecule has 5 heteroatoms. The van der Waals surface area contributed by atoms with Gasteiger partial charge in [0.2, 0.25) is 0 Å². The van der Waals surface area contributed by atoms with E-state index in [0.29, 0.717) is 16.3 Å². The van der Waals surface area contributed by atoms with E-state index in [0.717, 1.165) is 0 Å². The summed E-state index contributed by atoms with van der Waals surface area (Å²) in [6.45, 7) is 0. The van der Waals surface area contributed by atoms with Gasteiger partial charge in [-0.15, -0.1) is 0 Å². The van der Waals surface area contributed by atoms with Crippen LogP contribution in [0, 0.1) is 0 Å². The third kappa shape index (κ3) is 2.16. The van der Waals surface area contributed by atoms with Crippen LogP contribution in [0.5, 0.6) is 0 Å². The number of rotatable bonds is 2. The van der Waals surface area contributed by atoms with Gasteiger partial charge in [0.15, 0.2) is 6.10 Å². The van der Waals surface area contributed by atoms with Crippen LogP contribution in [0.1, 0.15) is 11.7 Å². The monoisotopic (exact) mass is 215 g/mol. The highest BCUT2D eigenvalue weighted by Gasteiger charge is 2.18. The summed E-state index contributed by atoms with van der Waals surface area (Å²) in [6.07, 6.45) is -1.32. The van der Waals surface area contributed by atoms with Gasteiger partial charge in [-0.3, -0.25) is 0 Å². The third-order valence-corrected chi connectivity index (χ3v) is 2.10. The van der Waals surface area contributed by atoms with Gasteiger partial charge >= 0.3 is 5.97 Å². The number of nitrogens with two attached hydrogens (primary N) is 1. The lowest BCUT2D eigenvalue weighted by atomic mass is 10.1. The van der Waals surface area contributed by atoms with Crippen LogP contribution in [0.2, 0.25) is 5.02 Å². The van der Waals surface area contributed by atoms with Crippen LogP contribution < -0.4 is 5.73 Å². The quantitative estimate of drug-likeness (QED) is 0.573. The first-order chi connectivity index (χ1) is 6.56. The lowest BCUT2D eigenvalue weighted by Gasteiger charge is -2.09. The molecular weight excluding hydrogens is 206 g/mol. The molecule has 0 fully saturated rings. The Hall–Kier alpha value is -1.26. The van der Waals surface area contributed by atoms with Crippen molar-refractivity contribution < 1.29 is 14.6 Å². The maximum absolute atomic E-state index is 11.0. The predicted molar refractivity (Wildman–Crippen MR) is 52.8 cm³/mol. The second kappa shape index (κ2) is 4.30. The number of esters is 1. The van der Waals surface area contributed by atoms with E-state index in [2.05, 4.69) is 4.74 Å². The minimum Gasteiger partial charge on any atom is -0.467 e. The van der Waals surface area contributed by atoms with E-state index < -0.39 is 12.1 Å². The number of benzene rings is 1. The molecule has 1 atom stereocenters. The van der Waals surface area contributed by atoms with Gasteiger partial charge < -0.3 is 15.6 Å². The van der Waals surface area contributed by atoms with Gasteiger partial charge in [-0.05, 0) is 17.7 Å². The minimum absolute atomic E-state index is 0.312. The average Bonchev–Trinajstić information content (AvgIpc) is 2.20. The number of aliphatic hydroxyl groups is 1. The number of hydrogen-bond donors (Lipinski definition) is 2. The van der Waals surface area contributed by atoms with Crippen LogP contribution in [0.4, 0.5) is 5.69 Å². The second-order valence-electron chi connectivity index (χ2n) is 2.71. The molecular formula is C9H10ClNO3. The summed E-state index contributed by atoms with van der Waals surface area (Å²) in [4.78, 5) is 11.0. The van der Waals surface area contributed by atoms with E-state index in [9.17, 15) is 9.90 Å². The van der Waals surface area contributed by atoms with Gasteiger partial charge in [0.1, 0.15) is 0 Å². The van der Waals surface area contributed by atoms with Crippen molar-refractivity contribution in [3.63, 3.8) is 0 Å². The molecule has 14 heavy (non-hydrogen) atoms. The number of anilines is 1. The number of carbonyl (C=O) groups excluding carboxylic acids is 1. The summed E-state index contributed by atoms with van der Waals surface area (Å²) in [7, 11) is 1.20. The van der Waals surface area contributed by atoms with Crippen LogP contribution >= 0.6 is 11.6 Å². The van der Waals surface area contributed by atoms with Crippen LogP contribution in [-0.4, -0.2) is 18.2 Å². The summed E-state index contributed by atoms with van der Waals surface area (Å²) in [5.41, 5.74) is 6.18. The van der Waals surface area contributed by atoms with E-state index in [1.807, 2.05) is 0 Å². The molecule has 1 unspecified atom stereocenters. The molecule has 1 aromatic rings. The molecule has 1 rings (SSSR count). The van der Waals surface area contributed by atoms with Gasteiger partial charge in [-0.2, -0.15) is 0 Å². The van der Waals surface area contributed by atoms with Crippen LogP contribution in [0.15, 0.2) is 18.2 Å². The predicted octanol–water partition coefficient (Wildman–Crippen LogP) is 1.13. The van der Waals surface area contributed by atoms with Crippen molar-refractivity contribution in [2.24, 2.45) is 0 Å². The molecule has 0 aromatic heterocycles. The Balaban J connectivity index is 2.96. The molecule has 0 aliphatic heterocycles. The Kier molecular flexibility index (Phi) is 3.33. The van der Waals surface area contributed by atoms with Crippen molar-refractivity contribution in [3.8, 4) is 0 Å². The fraction of sp³-hybridized carbons (Fsp3) is 0.222. The SMILES string of the molecule is COC(=O)C(O)c1ccc(Cl)c(N)c1. The summed E-state index contributed by atoms with van der Waals surface area (Å²) in [6, 6.07) is 4.46. The summed E-state index contributed by atoms with van der Waals surface area (Å²) < 4.78 is 4.37. The highest BCUT2D eigenvalue weighted by Crippen LogP contribution is 2.23. The Morgan fingerprint density at radius 2 is 2.29 bits per heavy atom. The van der Waals surface area contributed by atoms with Gasteiger partial charge in [-0.1, -0.05) is 17.7 Å². The first kappa shape index (κ1) is 10.8.